The molecule has 3 aromatic rings. The lowest BCUT2D eigenvalue weighted by Gasteiger charge is -2.03. The van der Waals surface area contributed by atoms with Gasteiger partial charge in [-0.2, -0.15) is 0 Å². The molecule has 3 rings (SSSR count). The fraction of sp³-hybridized carbons (Fsp3) is 0. The summed E-state index contributed by atoms with van der Waals surface area (Å²) in [5, 5.41) is 15.0. The van der Waals surface area contributed by atoms with E-state index in [9.17, 15) is 23.7 Å². The zero-order valence-electron chi connectivity index (χ0n) is 12.7. The van der Waals surface area contributed by atoms with E-state index in [4.69, 9.17) is 0 Å². The normalized spacial score (nSPS) is 10.6. The van der Waals surface area contributed by atoms with Crippen LogP contribution in [0.3, 0.4) is 0 Å². The molecule has 0 saturated heterocycles. The third-order valence-electron chi connectivity index (χ3n) is 3.33. The zero-order chi connectivity index (χ0) is 18.8. The summed E-state index contributed by atoms with van der Waals surface area (Å²) in [5.41, 5.74) is -0.0435. The number of carbonyl (C=O) groups is 1. The molecule has 6 nitrogen and oxygen atoms in total. The van der Waals surface area contributed by atoms with Gasteiger partial charge in [0.25, 0.3) is 11.6 Å². The number of hydrogen-bond acceptors (Lipinski definition) is 5. The summed E-state index contributed by atoms with van der Waals surface area (Å²) < 4.78 is 27.3. The zero-order valence-corrected chi connectivity index (χ0v) is 15.1. The molecule has 0 aliphatic heterocycles. The number of rotatable bonds is 4. The van der Waals surface area contributed by atoms with Gasteiger partial charge >= 0.3 is 0 Å². The van der Waals surface area contributed by atoms with E-state index >= 15 is 0 Å². The fourth-order valence-electron chi connectivity index (χ4n) is 2.11. The van der Waals surface area contributed by atoms with Crippen molar-refractivity contribution in [1.29, 1.82) is 0 Å². The molecule has 0 saturated carbocycles. The van der Waals surface area contributed by atoms with Gasteiger partial charge in [-0.1, -0.05) is 0 Å². The minimum Gasteiger partial charge on any atom is -0.298 e. The fourth-order valence-corrected chi connectivity index (χ4v) is 3.21. The lowest BCUT2D eigenvalue weighted by atomic mass is 10.1. The van der Waals surface area contributed by atoms with Crippen LogP contribution >= 0.6 is 27.3 Å². The number of nitro groups is 1. The van der Waals surface area contributed by atoms with E-state index in [0.717, 1.165) is 35.6 Å². The molecule has 0 atom stereocenters. The lowest BCUT2D eigenvalue weighted by molar-refractivity contribution is -0.385. The third-order valence-corrected chi connectivity index (χ3v) is 4.76. The van der Waals surface area contributed by atoms with Crippen LogP contribution in [0.25, 0.3) is 11.3 Å². The maximum absolute atomic E-state index is 13.8. The predicted molar refractivity (Wildman–Crippen MR) is 96.2 cm³/mol. The van der Waals surface area contributed by atoms with E-state index in [1.807, 2.05) is 0 Å². The highest BCUT2D eigenvalue weighted by atomic mass is 79.9. The van der Waals surface area contributed by atoms with Crippen molar-refractivity contribution in [1.82, 2.24) is 4.98 Å². The van der Waals surface area contributed by atoms with Gasteiger partial charge < -0.3 is 0 Å². The molecular formula is C16H8BrF2N3O3S. The molecule has 0 aliphatic carbocycles. The summed E-state index contributed by atoms with van der Waals surface area (Å²) in [6, 6.07) is 6.92. The Morgan fingerprint density at radius 1 is 1.23 bits per heavy atom. The first-order valence-electron chi connectivity index (χ1n) is 7.01. The van der Waals surface area contributed by atoms with Crippen LogP contribution in [0.15, 0.2) is 46.3 Å². The second-order valence-corrected chi connectivity index (χ2v) is 6.75. The van der Waals surface area contributed by atoms with Gasteiger partial charge in [0.1, 0.15) is 11.6 Å². The molecular weight excluding hydrogens is 432 g/mol. The molecule has 1 amide bonds. The number of nitrogens with zero attached hydrogens (tertiary/aromatic N) is 2. The quantitative estimate of drug-likeness (QED) is 0.457. The first-order valence-corrected chi connectivity index (χ1v) is 8.68. The molecule has 1 N–H and O–H groups in total. The molecule has 0 bridgehead atoms. The molecule has 2 aromatic carbocycles. The Morgan fingerprint density at radius 3 is 2.73 bits per heavy atom. The highest BCUT2D eigenvalue weighted by Crippen LogP contribution is 2.29. The first-order chi connectivity index (χ1) is 12.3. The summed E-state index contributed by atoms with van der Waals surface area (Å²) in [4.78, 5) is 26.6. The van der Waals surface area contributed by atoms with Crippen LogP contribution in [-0.4, -0.2) is 15.8 Å². The van der Waals surface area contributed by atoms with Crippen molar-refractivity contribution in [3.8, 4) is 11.3 Å². The lowest BCUT2D eigenvalue weighted by Crippen LogP contribution is -2.12. The van der Waals surface area contributed by atoms with Crippen LogP contribution in [0.2, 0.25) is 0 Å². The molecule has 1 aromatic heterocycles. The Kier molecular flexibility index (Phi) is 5.05. The van der Waals surface area contributed by atoms with Crippen molar-refractivity contribution < 1.29 is 18.5 Å². The number of nitro benzene ring substituents is 1. The van der Waals surface area contributed by atoms with Gasteiger partial charge in [-0.05, 0) is 46.3 Å². The van der Waals surface area contributed by atoms with Gasteiger partial charge in [0.15, 0.2) is 5.13 Å². The minimum atomic E-state index is -0.641. The Hall–Kier alpha value is -2.72. The summed E-state index contributed by atoms with van der Waals surface area (Å²) in [7, 11) is 0. The number of amides is 1. The van der Waals surface area contributed by atoms with Crippen LogP contribution < -0.4 is 5.32 Å². The van der Waals surface area contributed by atoms with Crippen LogP contribution in [0.1, 0.15) is 10.4 Å². The highest BCUT2D eigenvalue weighted by Gasteiger charge is 2.17. The van der Waals surface area contributed by atoms with Gasteiger partial charge in [-0.25, -0.2) is 13.8 Å². The number of anilines is 1. The first kappa shape index (κ1) is 18.1. The third kappa shape index (κ3) is 3.75. The molecule has 0 spiro atoms. The SMILES string of the molecule is O=C(Nc1nc(-c2cc(F)ccc2F)cs1)c1ccc(Br)c([N+](=O)[O-])c1. The molecule has 0 fully saturated rings. The number of carbonyl (C=O) groups excluding carboxylic acids is 1. The molecule has 1 heterocycles. The predicted octanol–water partition coefficient (Wildman–Crippen LogP) is 5.01. The smallest absolute Gasteiger partial charge is 0.284 e. The number of nitrogens with one attached hydrogen (secondary N) is 1. The van der Waals surface area contributed by atoms with E-state index in [1.165, 1.54) is 17.5 Å². The Bertz CT molecular complexity index is 1030. The van der Waals surface area contributed by atoms with Crippen molar-refractivity contribution >= 4 is 44.0 Å². The number of aromatic nitrogens is 1. The summed E-state index contributed by atoms with van der Waals surface area (Å²) in [6.07, 6.45) is 0. The van der Waals surface area contributed by atoms with Gasteiger partial charge in [-0.3, -0.25) is 20.2 Å². The minimum absolute atomic E-state index is 0.0268. The Balaban J connectivity index is 1.83. The molecule has 0 aliphatic rings. The van der Waals surface area contributed by atoms with E-state index in [0.29, 0.717) is 0 Å². The Labute approximate surface area is 157 Å². The number of hydrogen-bond donors (Lipinski definition) is 1. The molecule has 132 valence electrons. The molecule has 26 heavy (non-hydrogen) atoms. The molecule has 0 radical (unpaired) electrons. The molecule has 10 heteroatoms. The Morgan fingerprint density at radius 2 is 2.00 bits per heavy atom. The van der Waals surface area contributed by atoms with Crippen LogP contribution in [0.4, 0.5) is 19.6 Å². The standard InChI is InChI=1S/C16H8BrF2N3O3S/c17-11-3-1-8(5-14(11)22(24)25)15(23)21-16-20-13(7-26-16)10-6-9(18)2-4-12(10)19/h1-7H,(H,20,21,23). The van der Waals surface area contributed by atoms with Crippen molar-refractivity contribution in [3.63, 3.8) is 0 Å². The van der Waals surface area contributed by atoms with Gasteiger partial charge in [-0.15, -0.1) is 11.3 Å². The van der Waals surface area contributed by atoms with Crippen molar-refractivity contribution in [2.45, 2.75) is 0 Å². The summed E-state index contributed by atoms with van der Waals surface area (Å²) >= 11 is 4.06. The van der Waals surface area contributed by atoms with Gasteiger partial charge in [0, 0.05) is 22.6 Å². The van der Waals surface area contributed by atoms with E-state index in [-0.39, 0.29) is 32.1 Å². The summed E-state index contributed by atoms with van der Waals surface area (Å²) in [5.74, 6) is -1.86. The van der Waals surface area contributed by atoms with Crippen LogP contribution in [0, 0.1) is 21.7 Å². The van der Waals surface area contributed by atoms with Crippen molar-refractivity contribution in [3.05, 3.63) is 73.6 Å². The van der Waals surface area contributed by atoms with E-state index < -0.39 is 22.5 Å². The second kappa shape index (κ2) is 7.26. The van der Waals surface area contributed by atoms with Crippen molar-refractivity contribution in [2.24, 2.45) is 0 Å². The average molecular weight is 440 g/mol. The topological polar surface area (TPSA) is 85.1 Å². The number of benzene rings is 2. The van der Waals surface area contributed by atoms with E-state index in [1.54, 1.807) is 0 Å². The summed E-state index contributed by atoms with van der Waals surface area (Å²) in [6.45, 7) is 0. The van der Waals surface area contributed by atoms with Crippen molar-refractivity contribution in [2.75, 3.05) is 5.32 Å². The highest BCUT2D eigenvalue weighted by molar-refractivity contribution is 9.10. The second-order valence-electron chi connectivity index (χ2n) is 5.04. The number of thiazole rings is 1. The van der Waals surface area contributed by atoms with Crippen LogP contribution in [0.5, 0.6) is 0 Å². The maximum Gasteiger partial charge on any atom is 0.284 e. The van der Waals surface area contributed by atoms with Gasteiger partial charge in [0.2, 0.25) is 0 Å². The van der Waals surface area contributed by atoms with Gasteiger partial charge in [0.05, 0.1) is 15.1 Å². The van der Waals surface area contributed by atoms with Crippen LogP contribution in [-0.2, 0) is 0 Å². The largest absolute Gasteiger partial charge is 0.298 e. The average Bonchev–Trinajstić information content (AvgIpc) is 3.05. The number of halogens is 3. The maximum atomic E-state index is 13.8. The monoisotopic (exact) mass is 439 g/mol. The molecule has 0 unspecified atom stereocenters. The van der Waals surface area contributed by atoms with E-state index in [2.05, 4.69) is 26.2 Å².